The third-order valence-electron chi connectivity index (χ3n) is 2.77. The third kappa shape index (κ3) is 4.78. The zero-order valence-electron chi connectivity index (χ0n) is 11.5. The molecule has 0 fully saturated rings. The number of carbonyl (C=O) groups excluding carboxylic acids is 1. The normalized spacial score (nSPS) is 10.4. The van der Waals surface area contributed by atoms with Crippen LogP contribution in [0.5, 0.6) is 0 Å². The van der Waals surface area contributed by atoms with Crippen LogP contribution in [0.3, 0.4) is 0 Å². The highest BCUT2D eigenvalue weighted by molar-refractivity contribution is 8.00. The summed E-state index contributed by atoms with van der Waals surface area (Å²) < 4.78 is 0. The summed E-state index contributed by atoms with van der Waals surface area (Å²) in [7, 11) is 0. The highest BCUT2D eigenvalue weighted by atomic mass is 35.5. The molecule has 120 valence electrons. The molecule has 0 spiro atoms. The van der Waals surface area contributed by atoms with Gasteiger partial charge in [0.1, 0.15) is 0 Å². The van der Waals surface area contributed by atoms with Crippen LogP contribution in [-0.2, 0) is 4.79 Å². The number of benzene rings is 2. The topological polar surface area (TPSA) is 66.4 Å². The predicted molar refractivity (Wildman–Crippen MR) is 94.2 cm³/mol. The van der Waals surface area contributed by atoms with E-state index in [0.29, 0.717) is 20.0 Å². The maximum absolute atomic E-state index is 12.0. The fourth-order valence-electron chi connectivity index (χ4n) is 1.72. The Hall–Kier alpha value is -1.40. The van der Waals surface area contributed by atoms with E-state index >= 15 is 0 Å². The fraction of sp³-hybridized carbons (Fsp3) is 0.0667. The lowest BCUT2D eigenvalue weighted by Gasteiger charge is -2.09. The number of para-hydroxylation sites is 1. The predicted octanol–water partition coefficient (Wildman–Crippen LogP) is 5.08. The Morgan fingerprint density at radius 1 is 1.04 bits per heavy atom. The molecule has 23 heavy (non-hydrogen) atoms. The van der Waals surface area contributed by atoms with Crippen molar-refractivity contribution in [1.82, 2.24) is 0 Å². The summed E-state index contributed by atoms with van der Waals surface area (Å²) >= 11 is 19.0. The largest absolute Gasteiger partial charge is 0.478 e. The molecule has 1 amide bonds. The average Bonchev–Trinajstić information content (AvgIpc) is 2.50. The molecule has 0 bridgehead atoms. The second-order valence-corrected chi connectivity index (χ2v) is 6.62. The van der Waals surface area contributed by atoms with Crippen LogP contribution in [0.2, 0.25) is 15.1 Å². The summed E-state index contributed by atoms with van der Waals surface area (Å²) in [5.74, 6) is -1.42. The second-order valence-electron chi connectivity index (χ2n) is 4.38. The summed E-state index contributed by atoms with van der Waals surface area (Å²) in [5, 5.41) is 12.7. The van der Waals surface area contributed by atoms with E-state index in [-0.39, 0.29) is 22.9 Å². The van der Waals surface area contributed by atoms with Crippen molar-refractivity contribution in [1.29, 1.82) is 0 Å². The van der Waals surface area contributed by atoms with Crippen molar-refractivity contribution >= 4 is 64.1 Å². The number of hydrogen-bond acceptors (Lipinski definition) is 3. The molecule has 0 atom stereocenters. The standard InChI is InChI=1S/C15H10Cl3NO3S/c16-9-5-11(18)13(6-10(9)17)23-7-14(20)19-12-4-2-1-3-8(12)15(21)22/h1-6H,7H2,(H,19,20)(H,21,22). The molecule has 2 N–H and O–H groups in total. The molecule has 2 aromatic rings. The molecule has 0 heterocycles. The molecule has 0 saturated heterocycles. The molecular formula is C15H10Cl3NO3S. The van der Waals surface area contributed by atoms with Gasteiger partial charge in [0, 0.05) is 4.90 Å². The van der Waals surface area contributed by atoms with Crippen LogP contribution in [-0.4, -0.2) is 22.7 Å². The summed E-state index contributed by atoms with van der Waals surface area (Å²) in [4.78, 5) is 23.7. The molecule has 0 aliphatic heterocycles. The maximum atomic E-state index is 12.0. The van der Waals surface area contributed by atoms with Crippen LogP contribution in [0.15, 0.2) is 41.3 Å². The van der Waals surface area contributed by atoms with E-state index in [4.69, 9.17) is 39.9 Å². The Bertz CT molecular complexity index is 768. The smallest absolute Gasteiger partial charge is 0.337 e. The Morgan fingerprint density at radius 3 is 2.39 bits per heavy atom. The molecule has 0 aliphatic rings. The van der Waals surface area contributed by atoms with Crippen LogP contribution < -0.4 is 5.32 Å². The number of hydrogen-bond donors (Lipinski definition) is 2. The molecule has 8 heteroatoms. The Labute approximate surface area is 151 Å². The molecule has 4 nitrogen and oxygen atoms in total. The number of nitrogens with one attached hydrogen (secondary N) is 1. The van der Waals surface area contributed by atoms with Crippen molar-refractivity contribution in [2.75, 3.05) is 11.1 Å². The third-order valence-corrected chi connectivity index (χ3v) is 4.97. The number of rotatable bonds is 5. The summed E-state index contributed by atoms with van der Waals surface area (Å²) in [6.07, 6.45) is 0. The maximum Gasteiger partial charge on any atom is 0.337 e. The van der Waals surface area contributed by atoms with Gasteiger partial charge >= 0.3 is 5.97 Å². The van der Waals surface area contributed by atoms with Gasteiger partial charge in [-0.3, -0.25) is 4.79 Å². The number of amides is 1. The van der Waals surface area contributed by atoms with Gasteiger partial charge in [0.05, 0.1) is 32.1 Å². The molecule has 0 aromatic heterocycles. The second kappa shape index (κ2) is 7.93. The van der Waals surface area contributed by atoms with Gasteiger partial charge in [-0.05, 0) is 24.3 Å². The van der Waals surface area contributed by atoms with E-state index < -0.39 is 5.97 Å². The quantitative estimate of drug-likeness (QED) is 0.552. The molecular weight excluding hydrogens is 381 g/mol. The van der Waals surface area contributed by atoms with E-state index in [1.165, 1.54) is 30.0 Å². The zero-order chi connectivity index (χ0) is 17.0. The zero-order valence-corrected chi connectivity index (χ0v) is 14.6. The van der Waals surface area contributed by atoms with Gasteiger partial charge in [0.25, 0.3) is 0 Å². The van der Waals surface area contributed by atoms with E-state index in [0.717, 1.165) is 0 Å². The number of aromatic carboxylic acids is 1. The minimum atomic E-state index is -1.11. The lowest BCUT2D eigenvalue weighted by atomic mass is 10.2. The summed E-state index contributed by atoms with van der Waals surface area (Å²) in [6, 6.07) is 9.26. The first-order chi connectivity index (χ1) is 10.9. The van der Waals surface area contributed by atoms with Gasteiger partial charge in [-0.1, -0.05) is 46.9 Å². The monoisotopic (exact) mass is 389 g/mol. The first-order valence-corrected chi connectivity index (χ1v) is 8.40. The number of carbonyl (C=O) groups is 2. The fourth-order valence-corrected chi connectivity index (χ4v) is 3.26. The molecule has 0 aliphatic carbocycles. The number of carboxylic acid groups (broad SMARTS) is 1. The van der Waals surface area contributed by atoms with E-state index in [9.17, 15) is 9.59 Å². The number of anilines is 1. The number of halogens is 3. The average molecular weight is 391 g/mol. The number of thioether (sulfide) groups is 1. The minimum Gasteiger partial charge on any atom is -0.478 e. The molecule has 0 radical (unpaired) electrons. The minimum absolute atomic E-state index is 0.0263. The van der Waals surface area contributed by atoms with Crippen LogP contribution in [0.1, 0.15) is 10.4 Å². The highest BCUT2D eigenvalue weighted by Crippen LogP contribution is 2.34. The van der Waals surface area contributed by atoms with Crippen molar-refractivity contribution in [2.45, 2.75) is 4.90 Å². The van der Waals surface area contributed by atoms with Crippen molar-refractivity contribution in [3.63, 3.8) is 0 Å². The van der Waals surface area contributed by atoms with Crippen LogP contribution in [0, 0.1) is 0 Å². The van der Waals surface area contributed by atoms with Gasteiger partial charge in [-0.2, -0.15) is 0 Å². The SMILES string of the molecule is O=C(CSc1cc(Cl)c(Cl)cc1Cl)Nc1ccccc1C(=O)O. The first-order valence-electron chi connectivity index (χ1n) is 6.28. The lowest BCUT2D eigenvalue weighted by molar-refractivity contribution is -0.113. The van der Waals surface area contributed by atoms with Gasteiger partial charge in [0.2, 0.25) is 5.91 Å². The van der Waals surface area contributed by atoms with E-state index in [2.05, 4.69) is 5.32 Å². The van der Waals surface area contributed by atoms with Gasteiger partial charge < -0.3 is 10.4 Å². The number of carboxylic acids is 1. The summed E-state index contributed by atoms with van der Waals surface area (Å²) in [6.45, 7) is 0. The van der Waals surface area contributed by atoms with Crippen molar-refractivity contribution in [3.05, 3.63) is 57.0 Å². The molecule has 0 saturated carbocycles. The van der Waals surface area contributed by atoms with Crippen LogP contribution in [0.4, 0.5) is 5.69 Å². The lowest BCUT2D eigenvalue weighted by Crippen LogP contribution is -2.16. The molecule has 2 aromatic carbocycles. The van der Waals surface area contributed by atoms with E-state index in [1.807, 2.05) is 0 Å². The Morgan fingerprint density at radius 2 is 1.70 bits per heavy atom. The first kappa shape index (κ1) is 17.9. The van der Waals surface area contributed by atoms with Crippen LogP contribution in [0.25, 0.3) is 0 Å². The van der Waals surface area contributed by atoms with Crippen molar-refractivity contribution < 1.29 is 14.7 Å². The van der Waals surface area contributed by atoms with Crippen molar-refractivity contribution in [2.24, 2.45) is 0 Å². The molecule has 0 unspecified atom stereocenters. The van der Waals surface area contributed by atoms with Gasteiger partial charge in [-0.25, -0.2) is 4.79 Å². The van der Waals surface area contributed by atoms with Crippen molar-refractivity contribution in [3.8, 4) is 0 Å². The highest BCUT2D eigenvalue weighted by Gasteiger charge is 2.13. The Balaban J connectivity index is 2.04. The van der Waals surface area contributed by atoms with Gasteiger partial charge in [0.15, 0.2) is 0 Å². The van der Waals surface area contributed by atoms with Crippen LogP contribution >= 0.6 is 46.6 Å². The molecule has 2 rings (SSSR count). The Kier molecular flexibility index (Phi) is 6.18. The van der Waals surface area contributed by atoms with E-state index in [1.54, 1.807) is 18.2 Å². The summed E-state index contributed by atoms with van der Waals surface area (Å²) in [5.41, 5.74) is 0.268. The van der Waals surface area contributed by atoms with Gasteiger partial charge in [-0.15, -0.1) is 11.8 Å².